The Bertz CT molecular complexity index is 2680. The van der Waals surface area contributed by atoms with Crippen molar-refractivity contribution in [2.45, 2.75) is 123 Å². The number of fused-ring (bicyclic) bond motifs is 1. The molecule has 5 amide bonds. The van der Waals surface area contributed by atoms with Crippen LogP contribution in [-0.2, 0) is 25.7 Å². The van der Waals surface area contributed by atoms with Crippen molar-refractivity contribution in [3.63, 3.8) is 0 Å². The molecule has 378 valence electrons. The molecule has 1 saturated carbocycles. The number of nitrogens with one attached hydrogen (secondary N) is 3. The molecule has 8 rings (SSSR count). The monoisotopic (exact) mass is 989 g/mol. The number of aromatic nitrogens is 5. The standard InChI is InChI=1S/C52H68N12O6S/c1-33-45(71-32-56-33)35-18-16-34(17-19-35)28-54-48(68)40-27-39(65)31-63(40)50(70)46(52(2,3)4)58-43(66)14-8-7-9-15-44(67)62-24-22-61(23-25-62)38-20-21-42(53-30-38)57-51-55-29-36-26-41(49(69)60(5)6)64(47(36)59-51)37-12-10-11-13-37/h16-21,26,29-30,32,37,39-40,46,65H,7-15,22-25,27-28,31H2,1-6H3,(H,54,68)(H,58,66)(H,53,55,57,59)/t39-,40+,46-/m1/s1. The highest BCUT2D eigenvalue weighted by atomic mass is 32.1. The number of thiazole rings is 1. The van der Waals surface area contributed by atoms with Gasteiger partial charge in [0.05, 0.1) is 34.1 Å². The van der Waals surface area contributed by atoms with Crippen molar-refractivity contribution in [2.75, 3.05) is 57.0 Å². The number of likely N-dealkylation sites (tertiary alicyclic amines) is 1. The number of amides is 5. The van der Waals surface area contributed by atoms with Gasteiger partial charge in [-0.2, -0.15) is 4.98 Å². The summed E-state index contributed by atoms with van der Waals surface area (Å²) in [4.78, 5) is 93.7. The van der Waals surface area contributed by atoms with Gasteiger partial charge in [-0.1, -0.05) is 64.3 Å². The molecule has 2 saturated heterocycles. The summed E-state index contributed by atoms with van der Waals surface area (Å²) in [5.74, 6) is 0.0124. The highest BCUT2D eigenvalue weighted by molar-refractivity contribution is 7.13. The normalized spacial score (nSPS) is 17.9. The Morgan fingerprint density at radius 3 is 2.30 bits per heavy atom. The van der Waals surface area contributed by atoms with Crippen molar-refractivity contribution >= 4 is 69.4 Å². The molecular formula is C52H68N12O6S. The Hall–Kier alpha value is -6.47. The van der Waals surface area contributed by atoms with Crippen LogP contribution in [0.25, 0.3) is 21.5 Å². The van der Waals surface area contributed by atoms with E-state index in [4.69, 9.17) is 4.98 Å². The van der Waals surface area contributed by atoms with Crippen molar-refractivity contribution in [2.24, 2.45) is 5.41 Å². The van der Waals surface area contributed by atoms with Crippen LogP contribution in [0.2, 0.25) is 0 Å². The van der Waals surface area contributed by atoms with E-state index < -0.39 is 29.5 Å². The van der Waals surface area contributed by atoms with Gasteiger partial charge in [0.15, 0.2) is 0 Å². The minimum atomic E-state index is -0.906. The van der Waals surface area contributed by atoms with Crippen LogP contribution in [0.1, 0.15) is 113 Å². The Balaban J connectivity index is 0.752. The summed E-state index contributed by atoms with van der Waals surface area (Å²) in [6.07, 6.45) is 9.55. The number of carbonyl (C=O) groups excluding carboxylic acids is 5. The summed E-state index contributed by atoms with van der Waals surface area (Å²) in [5.41, 5.74) is 6.40. The Morgan fingerprint density at radius 2 is 1.63 bits per heavy atom. The second-order valence-electron chi connectivity index (χ2n) is 20.4. The van der Waals surface area contributed by atoms with E-state index in [0.717, 1.165) is 64.1 Å². The number of carbonyl (C=O) groups is 5. The summed E-state index contributed by atoms with van der Waals surface area (Å²) in [7, 11) is 3.52. The van der Waals surface area contributed by atoms with Gasteiger partial charge in [0.25, 0.3) is 5.91 Å². The molecule has 2 aliphatic heterocycles. The first-order chi connectivity index (χ1) is 34.0. The van der Waals surface area contributed by atoms with Gasteiger partial charge in [-0.25, -0.2) is 15.0 Å². The van der Waals surface area contributed by atoms with Gasteiger partial charge in [0, 0.05) is 90.3 Å². The van der Waals surface area contributed by atoms with Crippen molar-refractivity contribution in [1.82, 2.24) is 49.8 Å². The van der Waals surface area contributed by atoms with Gasteiger partial charge >= 0.3 is 0 Å². The minimum absolute atomic E-state index is 0.00314. The number of rotatable bonds is 17. The van der Waals surface area contributed by atoms with Crippen molar-refractivity contribution in [3.8, 4) is 10.4 Å². The van der Waals surface area contributed by atoms with Gasteiger partial charge in [0.1, 0.15) is 29.2 Å². The first-order valence-corrected chi connectivity index (χ1v) is 25.8. The zero-order chi connectivity index (χ0) is 50.4. The van der Waals surface area contributed by atoms with Crippen molar-refractivity contribution in [3.05, 3.63) is 77.3 Å². The highest BCUT2D eigenvalue weighted by Gasteiger charge is 2.44. The molecule has 3 fully saturated rings. The number of hydrogen-bond acceptors (Lipinski definition) is 13. The van der Waals surface area contributed by atoms with E-state index >= 15 is 0 Å². The van der Waals surface area contributed by atoms with Crippen LogP contribution in [0.15, 0.2) is 60.4 Å². The minimum Gasteiger partial charge on any atom is -0.391 e. The molecule has 5 aromatic rings. The Kier molecular flexibility index (Phi) is 16.0. The zero-order valence-corrected chi connectivity index (χ0v) is 42.6. The number of aliphatic hydroxyl groups is 1. The van der Waals surface area contributed by atoms with Crippen LogP contribution in [0.4, 0.5) is 17.5 Å². The maximum Gasteiger partial charge on any atom is 0.270 e. The molecule has 3 aliphatic rings. The first-order valence-electron chi connectivity index (χ1n) is 24.9. The lowest BCUT2D eigenvalue weighted by molar-refractivity contribution is -0.144. The Labute approximate surface area is 419 Å². The lowest BCUT2D eigenvalue weighted by Crippen LogP contribution is -2.57. The number of aliphatic hydroxyl groups excluding tert-OH is 1. The third-order valence-electron chi connectivity index (χ3n) is 13.9. The molecule has 1 aliphatic carbocycles. The molecule has 0 radical (unpaired) electrons. The van der Waals surface area contributed by atoms with Crippen molar-refractivity contribution in [1.29, 1.82) is 0 Å². The summed E-state index contributed by atoms with van der Waals surface area (Å²) >= 11 is 1.58. The predicted octanol–water partition coefficient (Wildman–Crippen LogP) is 6.23. The molecule has 1 aromatic carbocycles. The topological polar surface area (TPSA) is 211 Å². The molecule has 4 N–H and O–H groups in total. The average molecular weight is 989 g/mol. The molecule has 18 nitrogen and oxygen atoms in total. The molecule has 71 heavy (non-hydrogen) atoms. The molecule has 3 atom stereocenters. The van der Waals surface area contributed by atoms with E-state index in [0.29, 0.717) is 69.3 Å². The van der Waals surface area contributed by atoms with Gasteiger partial charge in [-0.15, -0.1) is 11.3 Å². The van der Waals surface area contributed by atoms with Crippen LogP contribution in [0.3, 0.4) is 0 Å². The van der Waals surface area contributed by atoms with Crippen LogP contribution in [0.5, 0.6) is 0 Å². The number of nitrogens with zero attached hydrogens (tertiary/aromatic N) is 9. The SMILES string of the molecule is Cc1ncsc1-c1ccc(CNC(=O)[C@@H]2C[C@@H](O)CN2C(=O)[C@@H](NC(=O)CCCCCC(=O)N2CCN(c3ccc(Nc4ncc5cc(C(=O)N(C)C)n(C6CCCC6)c5n4)nc3)CC2)C(C)(C)C)cc1. The molecule has 0 spiro atoms. The fraction of sp³-hybridized carbons (Fsp3) is 0.519. The largest absolute Gasteiger partial charge is 0.391 e. The van der Waals surface area contributed by atoms with Crippen LogP contribution >= 0.6 is 11.3 Å². The second kappa shape index (κ2) is 22.3. The average Bonchev–Trinajstić information content (AvgIpc) is 4.19. The van der Waals surface area contributed by atoms with E-state index in [1.54, 1.807) is 36.5 Å². The number of hydrogen-bond donors (Lipinski definition) is 4. The number of piperazine rings is 1. The summed E-state index contributed by atoms with van der Waals surface area (Å²) in [6, 6.07) is 12.1. The maximum atomic E-state index is 14.1. The quantitative estimate of drug-likeness (QED) is 0.0765. The third kappa shape index (κ3) is 12.2. The first kappa shape index (κ1) is 50.9. The van der Waals surface area contributed by atoms with Gasteiger partial charge < -0.3 is 45.2 Å². The lowest BCUT2D eigenvalue weighted by atomic mass is 9.85. The van der Waals surface area contributed by atoms with Crippen LogP contribution < -0.4 is 20.9 Å². The number of anilines is 3. The van der Waals surface area contributed by atoms with Gasteiger partial charge in [-0.3, -0.25) is 24.0 Å². The molecule has 19 heteroatoms. The number of benzene rings is 1. The third-order valence-corrected chi connectivity index (χ3v) is 14.9. The summed E-state index contributed by atoms with van der Waals surface area (Å²) < 4.78 is 2.09. The predicted molar refractivity (Wildman–Crippen MR) is 274 cm³/mol. The molecular weight excluding hydrogens is 921 g/mol. The lowest BCUT2D eigenvalue weighted by Gasteiger charge is -2.36. The number of pyridine rings is 1. The van der Waals surface area contributed by atoms with E-state index in [1.165, 1.54) is 4.90 Å². The number of β-amino-alcohol motifs (C(OH)–C–C–N with tert-alkyl or cyclic N) is 1. The van der Waals surface area contributed by atoms with Crippen LogP contribution in [0, 0.1) is 12.3 Å². The van der Waals surface area contributed by atoms with Crippen LogP contribution in [-0.4, -0.2) is 139 Å². The molecule has 6 heterocycles. The number of unbranched alkanes of at least 4 members (excludes halogenated alkanes) is 2. The van der Waals surface area contributed by atoms with E-state index in [9.17, 15) is 29.1 Å². The Morgan fingerprint density at radius 1 is 0.901 bits per heavy atom. The van der Waals surface area contributed by atoms with E-state index in [1.807, 2.05) is 86.8 Å². The maximum absolute atomic E-state index is 14.1. The van der Waals surface area contributed by atoms with Gasteiger partial charge in [-0.05, 0) is 67.3 Å². The molecule has 0 unspecified atom stereocenters. The van der Waals surface area contributed by atoms with E-state index in [2.05, 4.69) is 40.4 Å². The van der Waals surface area contributed by atoms with Crippen molar-refractivity contribution < 1.29 is 29.1 Å². The number of aryl methyl sites for hydroxylation is 1. The summed E-state index contributed by atoms with van der Waals surface area (Å²) in [5, 5.41) is 20.6. The van der Waals surface area contributed by atoms with Gasteiger partial charge in [0.2, 0.25) is 29.6 Å². The fourth-order valence-corrected chi connectivity index (χ4v) is 10.7. The second-order valence-corrected chi connectivity index (χ2v) is 21.3. The smallest absolute Gasteiger partial charge is 0.270 e. The van der Waals surface area contributed by atoms with E-state index in [-0.39, 0.29) is 55.6 Å². The summed E-state index contributed by atoms with van der Waals surface area (Å²) in [6.45, 7) is 10.4. The molecule has 4 aromatic heterocycles. The molecule has 0 bridgehead atoms. The fourth-order valence-electron chi connectivity index (χ4n) is 9.88. The zero-order valence-electron chi connectivity index (χ0n) is 41.8. The highest BCUT2D eigenvalue weighted by Crippen LogP contribution is 2.35.